The van der Waals surface area contributed by atoms with Gasteiger partial charge in [0.05, 0.1) is 10.9 Å². The van der Waals surface area contributed by atoms with Crippen LogP contribution in [0.15, 0.2) is 29.8 Å². The quantitative estimate of drug-likeness (QED) is 0.751. The number of sulfonamides is 1. The first-order valence-electron chi connectivity index (χ1n) is 9.06. The Bertz CT molecular complexity index is 798. The summed E-state index contributed by atoms with van der Waals surface area (Å²) < 4.78 is 26.8. The van der Waals surface area contributed by atoms with Crippen LogP contribution in [0.4, 0.5) is 5.13 Å². The van der Waals surface area contributed by atoms with Gasteiger partial charge in [-0.3, -0.25) is 4.98 Å². The van der Waals surface area contributed by atoms with Crippen LogP contribution in [0.25, 0.3) is 11.4 Å². The van der Waals surface area contributed by atoms with Crippen molar-refractivity contribution in [3.05, 3.63) is 29.8 Å². The highest BCUT2D eigenvalue weighted by Crippen LogP contribution is 2.27. The predicted molar refractivity (Wildman–Crippen MR) is 107 cm³/mol. The Morgan fingerprint density at radius 2 is 1.96 bits per heavy atom. The maximum atomic E-state index is 12.0. The van der Waals surface area contributed by atoms with Crippen LogP contribution in [-0.2, 0) is 10.0 Å². The summed E-state index contributed by atoms with van der Waals surface area (Å²) >= 11 is 1.59. The average molecular weight is 395 g/mol. The minimum absolute atomic E-state index is 0.0780. The molecular weight excluding hydrogens is 368 g/mol. The zero-order chi connectivity index (χ0) is 18.6. The molecule has 1 aliphatic carbocycles. The van der Waals surface area contributed by atoms with E-state index in [9.17, 15) is 8.42 Å². The van der Waals surface area contributed by atoms with Crippen LogP contribution in [0, 0.1) is 5.92 Å². The van der Waals surface area contributed by atoms with Gasteiger partial charge in [0.25, 0.3) is 0 Å². The van der Waals surface area contributed by atoms with Crippen LogP contribution in [0.2, 0.25) is 0 Å². The van der Waals surface area contributed by atoms with E-state index in [0.717, 1.165) is 48.7 Å². The maximum Gasteiger partial charge on any atom is 0.214 e. The van der Waals surface area contributed by atoms with Gasteiger partial charge in [0.2, 0.25) is 10.0 Å². The smallest absolute Gasteiger partial charge is 0.214 e. The number of pyridine rings is 1. The molecule has 0 aromatic carbocycles. The summed E-state index contributed by atoms with van der Waals surface area (Å²) in [6.07, 6.45) is 5.62. The van der Waals surface area contributed by atoms with Crippen LogP contribution >= 0.6 is 11.3 Å². The zero-order valence-corrected chi connectivity index (χ0v) is 16.8. The van der Waals surface area contributed by atoms with Crippen LogP contribution in [-0.4, -0.2) is 36.2 Å². The fourth-order valence-electron chi connectivity index (χ4n) is 3.07. The summed E-state index contributed by atoms with van der Waals surface area (Å²) in [6.45, 7) is 4.30. The van der Waals surface area contributed by atoms with Crippen molar-refractivity contribution in [3.63, 3.8) is 0 Å². The summed E-state index contributed by atoms with van der Waals surface area (Å²) in [5.74, 6) is 0.553. The molecule has 142 valence electrons. The Morgan fingerprint density at radius 3 is 2.62 bits per heavy atom. The summed E-state index contributed by atoms with van der Waals surface area (Å²) in [4.78, 5) is 8.92. The Balaban J connectivity index is 1.45. The lowest BCUT2D eigenvalue weighted by molar-refractivity contribution is 0.323. The molecule has 1 saturated carbocycles. The third-order valence-electron chi connectivity index (χ3n) is 4.77. The normalized spacial score (nSPS) is 21.0. The van der Waals surface area contributed by atoms with Gasteiger partial charge in [0.1, 0.15) is 5.69 Å². The van der Waals surface area contributed by atoms with Gasteiger partial charge in [-0.2, -0.15) is 0 Å². The van der Waals surface area contributed by atoms with Crippen molar-refractivity contribution < 1.29 is 8.42 Å². The fraction of sp³-hybridized carbons (Fsp3) is 0.556. The molecule has 2 aromatic heterocycles. The molecule has 1 fully saturated rings. The Hall–Kier alpha value is -1.51. The number of thiazole rings is 1. The second-order valence-electron chi connectivity index (χ2n) is 7.06. The van der Waals surface area contributed by atoms with Crippen molar-refractivity contribution in [1.29, 1.82) is 0 Å². The van der Waals surface area contributed by atoms with E-state index in [1.54, 1.807) is 31.4 Å². The lowest BCUT2D eigenvalue weighted by atomic mass is 9.86. The molecule has 6 nitrogen and oxygen atoms in total. The van der Waals surface area contributed by atoms with Crippen molar-refractivity contribution in [2.24, 2.45) is 5.92 Å². The van der Waals surface area contributed by atoms with Crippen LogP contribution in [0.1, 0.15) is 39.5 Å². The molecule has 0 unspecified atom stereocenters. The number of nitrogens with zero attached hydrogens (tertiary/aromatic N) is 2. The topological polar surface area (TPSA) is 84.0 Å². The Morgan fingerprint density at radius 1 is 1.19 bits per heavy atom. The molecule has 0 aliphatic heterocycles. The molecule has 0 saturated heterocycles. The van der Waals surface area contributed by atoms with Crippen molar-refractivity contribution in [1.82, 2.24) is 14.7 Å². The molecule has 8 heteroatoms. The van der Waals surface area contributed by atoms with Crippen molar-refractivity contribution >= 4 is 26.5 Å². The minimum atomic E-state index is -3.17. The van der Waals surface area contributed by atoms with E-state index in [1.807, 2.05) is 23.6 Å². The van der Waals surface area contributed by atoms with E-state index in [0.29, 0.717) is 5.92 Å². The molecule has 26 heavy (non-hydrogen) atoms. The fourth-order valence-corrected chi connectivity index (χ4v) is 4.76. The molecule has 2 heterocycles. The predicted octanol–water partition coefficient (Wildman–Crippen LogP) is 3.50. The number of hydrogen-bond acceptors (Lipinski definition) is 6. The third-order valence-corrected chi connectivity index (χ3v) is 7.47. The highest BCUT2D eigenvalue weighted by atomic mass is 32.2. The summed E-state index contributed by atoms with van der Waals surface area (Å²) in [5.41, 5.74) is 1.78. The highest BCUT2D eigenvalue weighted by molar-refractivity contribution is 7.90. The number of aromatic nitrogens is 2. The van der Waals surface area contributed by atoms with E-state index in [-0.39, 0.29) is 11.3 Å². The average Bonchev–Trinajstić information content (AvgIpc) is 3.10. The summed E-state index contributed by atoms with van der Waals surface area (Å²) in [7, 11) is -3.17. The standard InChI is InChI=1S/C18H26N4O2S2/c1-13(2)26(23,24)22-15-8-6-14(7-9-15)11-20-18-21-17(12-25-18)16-5-3-4-10-19-16/h3-5,10,12-15,22H,6-9,11H2,1-2H3,(H,20,21). The minimum Gasteiger partial charge on any atom is -0.361 e. The lowest BCUT2D eigenvalue weighted by Gasteiger charge is -2.29. The van der Waals surface area contributed by atoms with Gasteiger partial charge in [-0.05, 0) is 57.6 Å². The molecule has 0 bridgehead atoms. The van der Waals surface area contributed by atoms with Crippen LogP contribution in [0.3, 0.4) is 0 Å². The second-order valence-corrected chi connectivity index (χ2v) is 10.2. The Labute approximate surface area is 159 Å². The molecule has 3 rings (SSSR count). The number of anilines is 1. The first kappa shape index (κ1) is 19.3. The Kier molecular flexibility index (Phi) is 6.26. The van der Waals surface area contributed by atoms with Gasteiger partial charge < -0.3 is 5.32 Å². The third kappa shape index (κ3) is 5.02. The van der Waals surface area contributed by atoms with Gasteiger partial charge in [-0.15, -0.1) is 11.3 Å². The molecule has 0 radical (unpaired) electrons. The molecule has 2 aromatic rings. The van der Waals surface area contributed by atoms with Crippen LogP contribution in [0.5, 0.6) is 0 Å². The number of nitrogens with one attached hydrogen (secondary N) is 2. The molecule has 1 aliphatic rings. The first-order chi connectivity index (χ1) is 12.4. The van der Waals surface area contributed by atoms with E-state index in [4.69, 9.17) is 0 Å². The molecule has 0 atom stereocenters. The van der Waals surface area contributed by atoms with Gasteiger partial charge in [-0.1, -0.05) is 6.07 Å². The summed E-state index contributed by atoms with van der Waals surface area (Å²) in [6, 6.07) is 5.89. The first-order valence-corrected chi connectivity index (χ1v) is 11.5. The lowest BCUT2D eigenvalue weighted by Crippen LogP contribution is -2.41. The summed E-state index contributed by atoms with van der Waals surface area (Å²) in [5, 5.41) is 5.98. The second kappa shape index (κ2) is 8.45. The van der Waals surface area contributed by atoms with E-state index < -0.39 is 10.0 Å². The monoisotopic (exact) mass is 394 g/mol. The van der Waals surface area contributed by atoms with E-state index in [1.165, 1.54) is 0 Å². The van der Waals surface area contributed by atoms with Crippen LogP contribution < -0.4 is 10.0 Å². The van der Waals surface area contributed by atoms with Gasteiger partial charge in [0, 0.05) is 24.2 Å². The van der Waals surface area contributed by atoms with Crippen molar-refractivity contribution in [2.45, 2.75) is 50.8 Å². The van der Waals surface area contributed by atoms with Crippen molar-refractivity contribution in [3.8, 4) is 11.4 Å². The molecular formula is C18H26N4O2S2. The van der Waals surface area contributed by atoms with E-state index in [2.05, 4.69) is 20.0 Å². The van der Waals surface area contributed by atoms with Gasteiger partial charge >= 0.3 is 0 Å². The SMILES string of the molecule is CC(C)S(=O)(=O)NC1CCC(CNc2nc(-c3ccccn3)cs2)CC1. The largest absolute Gasteiger partial charge is 0.361 e. The maximum absolute atomic E-state index is 12.0. The number of rotatable bonds is 7. The van der Waals surface area contributed by atoms with Gasteiger partial charge in [-0.25, -0.2) is 18.1 Å². The molecule has 2 N–H and O–H groups in total. The molecule has 0 spiro atoms. The van der Waals surface area contributed by atoms with Gasteiger partial charge in [0.15, 0.2) is 5.13 Å². The molecule has 0 amide bonds. The van der Waals surface area contributed by atoms with E-state index >= 15 is 0 Å². The highest BCUT2D eigenvalue weighted by Gasteiger charge is 2.26. The number of hydrogen-bond donors (Lipinski definition) is 2. The van der Waals surface area contributed by atoms with Crippen molar-refractivity contribution in [2.75, 3.05) is 11.9 Å². The zero-order valence-electron chi connectivity index (χ0n) is 15.2.